The lowest BCUT2D eigenvalue weighted by Gasteiger charge is -2.32. The van der Waals surface area contributed by atoms with Crippen molar-refractivity contribution in [2.24, 2.45) is 0 Å². The molecule has 1 aromatic rings. The second kappa shape index (κ2) is 7.99. The highest BCUT2D eigenvalue weighted by molar-refractivity contribution is 5.87. The fourth-order valence-electron chi connectivity index (χ4n) is 2.72. The predicted octanol–water partition coefficient (Wildman–Crippen LogP) is 2.27. The quantitative estimate of drug-likeness (QED) is 0.819. The van der Waals surface area contributed by atoms with Gasteiger partial charge in [0, 0.05) is 19.6 Å². The molecule has 5 heteroatoms. The lowest BCUT2D eigenvalue weighted by atomic mass is 10.0. The Morgan fingerprint density at radius 3 is 2.70 bits per heavy atom. The molecule has 126 valence electrons. The van der Waals surface area contributed by atoms with Crippen LogP contribution in [0.4, 0.5) is 4.79 Å². The Labute approximate surface area is 138 Å². The number of carbonyl (C=O) groups is 2. The van der Waals surface area contributed by atoms with Crippen LogP contribution in [0.15, 0.2) is 24.3 Å². The molecule has 1 heterocycles. The van der Waals surface area contributed by atoms with Crippen LogP contribution in [0.3, 0.4) is 0 Å². The van der Waals surface area contributed by atoms with Crippen molar-refractivity contribution in [2.75, 3.05) is 19.6 Å². The summed E-state index contributed by atoms with van der Waals surface area (Å²) >= 11 is 0. The van der Waals surface area contributed by atoms with E-state index in [0.29, 0.717) is 25.6 Å². The van der Waals surface area contributed by atoms with Crippen LogP contribution in [0.2, 0.25) is 0 Å². The average Bonchev–Trinajstić information content (AvgIpc) is 2.54. The summed E-state index contributed by atoms with van der Waals surface area (Å²) in [6, 6.07) is 8.12. The molecule has 0 radical (unpaired) electrons. The van der Waals surface area contributed by atoms with Gasteiger partial charge in [0.2, 0.25) is 5.91 Å². The highest BCUT2D eigenvalue weighted by atomic mass is 16.2. The normalized spacial score (nSPS) is 18.0. The molecule has 23 heavy (non-hydrogen) atoms. The maximum atomic E-state index is 12.1. The highest BCUT2D eigenvalue weighted by Gasteiger charge is 2.28. The zero-order valence-corrected chi connectivity index (χ0v) is 14.3. The SMILES string of the molecule is CC(C)c1ccc(CCCNC(=O)N2CCNC(=O)C2C)cc1. The molecular weight excluding hydrogens is 290 g/mol. The summed E-state index contributed by atoms with van der Waals surface area (Å²) in [4.78, 5) is 25.3. The van der Waals surface area contributed by atoms with Crippen LogP contribution in [0.5, 0.6) is 0 Å². The second-order valence-electron chi connectivity index (χ2n) is 6.39. The molecule has 1 unspecified atom stereocenters. The molecule has 2 N–H and O–H groups in total. The third-order valence-corrected chi connectivity index (χ3v) is 4.32. The van der Waals surface area contributed by atoms with Gasteiger partial charge in [0.15, 0.2) is 0 Å². The van der Waals surface area contributed by atoms with Gasteiger partial charge in [0.1, 0.15) is 6.04 Å². The van der Waals surface area contributed by atoms with Gasteiger partial charge in [0.25, 0.3) is 0 Å². The fourth-order valence-corrected chi connectivity index (χ4v) is 2.72. The number of nitrogens with one attached hydrogen (secondary N) is 2. The first kappa shape index (κ1) is 17.3. The lowest BCUT2D eigenvalue weighted by molar-refractivity contribution is -0.126. The summed E-state index contributed by atoms with van der Waals surface area (Å²) in [5.41, 5.74) is 2.63. The Balaban J connectivity index is 1.72. The highest BCUT2D eigenvalue weighted by Crippen LogP contribution is 2.15. The van der Waals surface area contributed by atoms with E-state index in [1.165, 1.54) is 11.1 Å². The molecule has 3 amide bonds. The summed E-state index contributed by atoms with van der Waals surface area (Å²) < 4.78 is 0. The van der Waals surface area contributed by atoms with Crippen molar-refractivity contribution >= 4 is 11.9 Å². The summed E-state index contributed by atoms with van der Waals surface area (Å²) in [5.74, 6) is 0.462. The number of hydrogen-bond acceptors (Lipinski definition) is 2. The second-order valence-corrected chi connectivity index (χ2v) is 6.39. The van der Waals surface area contributed by atoms with E-state index in [1.54, 1.807) is 11.8 Å². The van der Waals surface area contributed by atoms with E-state index >= 15 is 0 Å². The molecular formula is C18H27N3O2. The summed E-state index contributed by atoms with van der Waals surface area (Å²) in [6.45, 7) is 7.84. The van der Waals surface area contributed by atoms with E-state index in [4.69, 9.17) is 0 Å². The van der Waals surface area contributed by atoms with Crippen molar-refractivity contribution in [3.05, 3.63) is 35.4 Å². The Hall–Kier alpha value is -2.04. The van der Waals surface area contributed by atoms with Crippen LogP contribution in [-0.4, -0.2) is 42.5 Å². The molecule has 5 nitrogen and oxygen atoms in total. The standard InChI is InChI=1S/C18H27N3O2/c1-13(2)16-8-6-15(7-9-16)5-4-10-20-18(23)21-12-11-19-17(22)14(21)3/h6-9,13-14H,4-5,10-12H2,1-3H3,(H,19,22)(H,20,23). The predicted molar refractivity (Wildman–Crippen MR) is 91.4 cm³/mol. The summed E-state index contributed by atoms with van der Waals surface area (Å²) in [7, 11) is 0. The topological polar surface area (TPSA) is 61.4 Å². The molecule has 0 bridgehead atoms. The van der Waals surface area contributed by atoms with E-state index < -0.39 is 6.04 Å². The molecule has 1 fully saturated rings. The van der Waals surface area contributed by atoms with E-state index in [1.807, 2.05) is 0 Å². The number of piperazine rings is 1. The molecule has 0 spiro atoms. The van der Waals surface area contributed by atoms with Gasteiger partial charge in [-0.25, -0.2) is 4.79 Å². The number of amides is 3. The number of rotatable bonds is 5. The van der Waals surface area contributed by atoms with E-state index in [9.17, 15) is 9.59 Å². The smallest absolute Gasteiger partial charge is 0.318 e. The monoisotopic (exact) mass is 317 g/mol. The number of hydrogen-bond donors (Lipinski definition) is 2. The van der Waals surface area contributed by atoms with Gasteiger partial charge in [0.05, 0.1) is 0 Å². The zero-order chi connectivity index (χ0) is 16.8. The molecule has 1 atom stereocenters. The maximum Gasteiger partial charge on any atom is 0.318 e. The van der Waals surface area contributed by atoms with Crippen LogP contribution in [-0.2, 0) is 11.2 Å². The van der Waals surface area contributed by atoms with Gasteiger partial charge < -0.3 is 15.5 Å². The fraction of sp³-hybridized carbons (Fsp3) is 0.556. The van der Waals surface area contributed by atoms with Crippen LogP contribution in [0, 0.1) is 0 Å². The van der Waals surface area contributed by atoms with Gasteiger partial charge >= 0.3 is 6.03 Å². The summed E-state index contributed by atoms with van der Waals surface area (Å²) in [6.07, 6.45) is 1.83. The van der Waals surface area contributed by atoms with Crippen molar-refractivity contribution in [2.45, 2.75) is 45.6 Å². The van der Waals surface area contributed by atoms with E-state index in [-0.39, 0.29) is 11.9 Å². The van der Waals surface area contributed by atoms with Crippen molar-refractivity contribution in [3.8, 4) is 0 Å². The molecule has 1 aliphatic heterocycles. The van der Waals surface area contributed by atoms with Gasteiger partial charge in [-0.2, -0.15) is 0 Å². The Kier molecular flexibility index (Phi) is 6.02. The Morgan fingerprint density at radius 2 is 2.04 bits per heavy atom. The largest absolute Gasteiger partial charge is 0.353 e. The Bertz CT molecular complexity index is 540. The molecule has 1 aliphatic rings. The third-order valence-electron chi connectivity index (χ3n) is 4.32. The molecule has 1 saturated heterocycles. The minimum atomic E-state index is -0.396. The van der Waals surface area contributed by atoms with Gasteiger partial charge in [-0.15, -0.1) is 0 Å². The maximum absolute atomic E-state index is 12.1. The minimum Gasteiger partial charge on any atom is -0.353 e. The minimum absolute atomic E-state index is 0.0864. The lowest BCUT2D eigenvalue weighted by Crippen LogP contribution is -2.58. The molecule has 0 aliphatic carbocycles. The van der Waals surface area contributed by atoms with Crippen LogP contribution >= 0.6 is 0 Å². The molecule has 2 rings (SSSR count). The third kappa shape index (κ3) is 4.71. The molecule has 0 aromatic heterocycles. The number of aryl methyl sites for hydroxylation is 1. The first-order valence-electron chi connectivity index (χ1n) is 8.40. The first-order valence-corrected chi connectivity index (χ1v) is 8.40. The average molecular weight is 317 g/mol. The van der Waals surface area contributed by atoms with Gasteiger partial charge in [-0.3, -0.25) is 4.79 Å². The van der Waals surface area contributed by atoms with Crippen molar-refractivity contribution < 1.29 is 9.59 Å². The van der Waals surface area contributed by atoms with E-state index in [0.717, 1.165) is 12.8 Å². The number of urea groups is 1. The van der Waals surface area contributed by atoms with Gasteiger partial charge in [-0.05, 0) is 36.8 Å². The molecule has 0 saturated carbocycles. The molecule has 1 aromatic carbocycles. The summed E-state index contributed by atoms with van der Waals surface area (Å²) in [5, 5.41) is 5.67. The van der Waals surface area contributed by atoms with Crippen molar-refractivity contribution in [1.82, 2.24) is 15.5 Å². The zero-order valence-electron chi connectivity index (χ0n) is 14.3. The van der Waals surface area contributed by atoms with Crippen molar-refractivity contribution in [1.29, 1.82) is 0 Å². The number of benzene rings is 1. The van der Waals surface area contributed by atoms with E-state index in [2.05, 4.69) is 48.7 Å². The van der Waals surface area contributed by atoms with Crippen LogP contribution in [0.25, 0.3) is 0 Å². The number of nitrogens with zero attached hydrogens (tertiary/aromatic N) is 1. The van der Waals surface area contributed by atoms with Gasteiger partial charge in [-0.1, -0.05) is 38.1 Å². The first-order chi connectivity index (χ1) is 11.0. The van der Waals surface area contributed by atoms with Crippen LogP contribution in [0.1, 0.15) is 44.2 Å². The number of carbonyl (C=O) groups excluding carboxylic acids is 2. The Morgan fingerprint density at radius 1 is 1.35 bits per heavy atom. The van der Waals surface area contributed by atoms with Crippen LogP contribution < -0.4 is 10.6 Å². The van der Waals surface area contributed by atoms with Crippen molar-refractivity contribution in [3.63, 3.8) is 0 Å².